The molecule has 8 nitrogen and oxygen atoms in total. The molecule has 0 aromatic rings. The predicted molar refractivity (Wildman–Crippen MR) is 142 cm³/mol. The maximum Gasteiger partial charge on any atom is 0.331 e. The summed E-state index contributed by atoms with van der Waals surface area (Å²) in [7, 11) is 0. The summed E-state index contributed by atoms with van der Waals surface area (Å²) in [5.74, 6) is 1.13. The first-order valence-corrected chi connectivity index (χ1v) is 15.5. The highest BCUT2D eigenvalue weighted by molar-refractivity contribution is 5.85. The Balaban J connectivity index is 1.15. The number of rotatable bonds is 5. The number of cyclic esters (lactones) is 1. The Morgan fingerprint density at radius 2 is 1.77 bits per heavy atom. The summed E-state index contributed by atoms with van der Waals surface area (Å²) in [5, 5.41) is 43.7. The minimum atomic E-state index is -1.28. The van der Waals surface area contributed by atoms with Crippen molar-refractivity contribution in [1.29, 1.82) is 0 Å². The van der Waals surface area contributed by atoms with Crippen LogP contribution >= 0.6 is 0 Å². The second-order valence-corrected chi connectivity index (χ2v) is 14.1. The Bertz CT molecular complexity index is 984. The molecule has 220 valence electrons. The van der Waals surface area contributed by atoms with E-state index in [0.29, 0.717) is 24.9 Å². The van der Waals surface area contributed by atoms with E-state index >= 15 is 0 Å². The van der Waals surface area contributed by atoms with E-state index in [1.165, 1.54) is 0 Å². The number of hydrogen-bond donors (Lipinski definition) is 4. The molecule has 6 aliphatic rings. The summed E-state index contributed by atoms with van der Waals surface area (Å²) < 4.78 is 17.5. The zero-order valence-corrected chi connectivity index (χ0v) is 23.8. The van der Waals surface area contributed by atoms with Crippen molar-refractivity contribution in [3.63, 3.8) is 0 Å². The van der Waals surface area contributed by atoms with Gasteiger partial charge in [0.15, 0.2) is 6.29 Å². The number of carbonyl (C=O) groups is 1. The Morgan fingerprint density at radius 3 is 2.49 bits per heavy atom. The molecule has 4 N–H and O–H groups in total. The first kappa shape index (κ1) is 28.1. The summed E-state index contributed by atoms with van der Waals surface area (Å²) in [6.45, 7) is 7.06. The molecule has 0 spiro atoms. The highest BCUT2D eigenvalue weighted by atomic mass is 16.7. The lowest BCUT2D eigenvalue weighted by atomic mass is 9.43. The summed E-state index contributed by atoms with van der Waals surface area (Å²) in [6, 6.07) is 0. The van der Waals surface area contributed by atoms with Crippen LogP contribution in [0.5, 0.6) is 0 Å². The van der Waals surface area contributed by atoms with E-state index in [2.05, 4.69) is 13.8 Å². The maximum atomic E-state index is 12.4. The van der Waals surface area contributed by atoms with Gasteiger partial charge in [0.25, 0.3) is 0 Å². The minimum absolute atomic E-state index is 0.0661. The summed E-state index contributed by atoms with van der Waals surface area (Å²) >= 11 is 0. The molecule has 4 aliphatic carbocycles. The molecule has 0 bridgehead atoms. The van der Waals surface area contributed by atoms with Crippen LogP contribution in [0, 0.1) is 34.5 Å². The smallest absolute Gasteiger partial charge is 0.331 e. The highest BCUT2D eigenvalue weighted by Gasteiger charge is 2.67. The van der Waals surface area contributed by atoms with E-state index < -0.39 is 36.3 Å². The number of esters is 1. The second-order valence-electron chi connectivity index (χ2n) is 14.1. The van der Waals surface area contributed by atoms with Gasteiger partial charge in [-0.2, -0.15) is 0 Å². The van der Waals surface area contributed by atoms with Crippen molar-refractivity contribution in [2.24, 2.45) is 34.5 Å². The van der Waals surface area contributed by atoms with Crippen LogP contribution in [0.1, 0.15) is 91.4 Å². The van der Waals surface area contributed by atoms with Crippen LogP contribution in [0.25, 0.3) is 0 Å². The first-order valence-electron chi connectivity index (χ1n) is 15.5. The van der Waals surface area contributed by atoms with Gasteiger partial charge in [-0.05, 0) is 98.9 Å². The zero-order chi connectivity index (χ0) is 27.7. The Hall–Kier alpha value is -1.03. The molecular formula is C31H48O8. The van der Waals surface area contributed by atoms with Crippen LogP contribution < -0.4 is 0 Å². The van der Waals surface area contributed by atoms with Crippen molar-refractivity contribution >= 4 is 5.97 Å². The van der Waals surface area contributed by atoms with Gasteiger partial charge >= 0.3 is 5.97 Å². The molecule has 0 aromatic carbocycles. The number of fused-ring (bicyclic) bond motifs is 5. The normalized spacial score (nSPS) is 53.4. The monoisotopic (exact) mass is 548 g/mol. The van der Waals surface area contributed by atoms with Crippen molar-refractivity contribution in [3.8, 4) is 0 Å². The average molecular weight is 549 g/mol. The molecule has 0 amide bonds. The van der Waals surface area contributed by atoms with Gasteiger partial charge in [0.1, 0.15) is 24.9 Å². The Labute approximate surface area is 232 Å². The zero-order valence-electron chi connectivity index (χ0n) is 23.8. The van der Waals surface area contributed by atoms with Crippen molar-refractivity contribution < 1.29 is 39.4 Å². The second kappa shape index (κ2) is 10.1. The SMILES string of the molecule is CCC[C@@H]1O[C@@H](O[C@H]2CC[C@@]3(C)[C@H](CC[C@@H]4[C@@H]3CC[C@]3(C)[C@@H](C5=CC(=O)OC5)CC[C@]43O)C2)[C@H](O)[C@H](O)[C@H]1O. The average Bonchev–Trinajstić information content (AvgIpc) is 3.45. The molecule has 39 heavy (non-hydrogen) atoms. The molecule has 2 heterocycles. The fourth-order valence-electron chi connectivity index (χ4n) is 10.2. The maximum absolute atomic E-state index is 12.4. The summed E-state index contributed by atoms with van der Waals surface area (Å²) in [5.41, 5.74) is 0.239. The topological polar surface area (TPSA) is 126 Å². The van der Waals surface area contributed by atoms with E-state index in [0.717, 1.165) is 69.8 Å². The van der Waals surface area contributed by atoms with Crippen LogP contribution in [-0.4, -0.2) is 75.4 Å². The van der Waals surface area contributed by atoms with Gasteiger partial charge in [0.05, 0.1) is 17.8 Å². The number of ether oxygens (including phenoxy) is 3. The van der Waals surface area contributed by atoms with Gasteiger partial charge in [-0.15, -0.1) is 0 Å². The van der Waals surface area contributed by atoms with Gasteiger partial charge in [0.2, 0.25) is 0 Å². The largest absolute Gasteiger partial charge is 0.458 e. The standard InChI is InChI=1S/C31H48O8/c1-4-5-23-25(33)26(34)27(35)28(39-23)38-19-8-11-29(2)18(15-19)6-7-22-21(29)9-12-30(3)20(10-13-31(22,30)36)17-14-24(32)37-16-17/h14,18-23,25-28,33-36H,4-13,15-16H2,1-3H3/t18-,19+,20-,21+,22-,23+,25+,26-,27-,28-,29+,30-,31+/m1/s1. The third-order valence-corrected chi connectivity index (χ3v) is 12.5. The van der Waals surface area contributed by atoms with Gasteiger partial charge in [-0.1, -0.05) is 27.2 Å². The van der Waals surface area contributed by atoms with E-state index in [9.17, 15) is 25.2 Å². The number of aliphatic hydroxyl groups excluding tert-OH is 3. The number of hydrogen-bond acceptors (Lipinski definition) is 8. The fourth-order valence-corrected chi connectivity index (χ4v) is 10.2. The third-order valence-electron chi connectivity index (χ3n) is 12.5. The van der Waals surface area contributed by atoms with E-state index in [4.69, 9.17) is 14.2 Å². The van der Waals surface area contributed by atoms with Gasteiger partial charge in [-0.3, -0.25) is 0 Å². The van der Waals surface area contributed by atoms with Crippen LogP contribution in [-0.2, 0) is 19.0 Å². The Kier molecular flexibility index (Phi) is 7.25. The summed E-state index contributed by atoms with van der Waals surface area (Å²) in [6.07, 6.45) is 6.41. The highest BCUT2D eigenvalue weighted by Crippen LogP contribution is 2.70. The molecule has 0 aromatic heterocycles. The van der Waals surface area contributed by atoms with E-state index in [1.807, 2.05) is 6.92 Å². The lowest BCUT2D eigenvalue weighted by Gasteiger charge is -2.64. The van der Waals surface area contributed by atoms with Gasteiger partial charge < -0.3 is 34.6 Å². The Morgan fingerprint density at radius 1 is 0.974 bits per heavy atom. The van der Waals surface area contributed by atoms with Crippen molar-refractivity contribution in [2.75, 3.05) is 6.61 Å². The van der Waals surface area contributed by atoms with Crippen molar-refractivity contribution in [2.45, 2.75) is 134 Å². The third kappa shape index (κ3) is 4.26. The van der Waals surface area contributed by atoms with Crippen LogP contribution in [0.2, 0.25) is 0 Å². The lowest BCUT2D eigenvalue weighted by Crippen LogP contribution is -2.62. The number of carbonyl (C=O) groups excluding carboxylic acids is 1. The van der Waals surface area contributed by atoms with Crippen molar-refractivity contribution in [1.82, 2.24) is 0 Å². The van der Waals surface area contributed by atoms with E-state index in [-0.39, 0.29) is 34.7 Å². The fraction of sp³-hybridized carbons (Fsp3) is 0.903. The summed E-state index contributed by atoms with van der Waals surface area (Å²) in [4.78, 5) is 11.8. The van der Waals surface area contributed by atoms with Crippen LogP contribution in [0.15, 0.2) is 11.6 Å². The molecule has 5 fully saturated rings. The predicted octanol–water partition coefficient (Wildman–Crippen LogP) is 3.24. The molecule has 1 saturated heterocycles. The number of aliphatic hydroxyl groups is 4. The van der Waals surface area contributed by atoms with Gasteiger partial charge in [0, 0.05) is 11.5 Å². The molecule has 13 atom stereocenters. The lowest BCUT2D eigenvalue weighted by molar-refractivity contribution is -0.314. The quantitative estimate of drug-likeness (QED) is 0.305. The minimum Gasteiger partial charge on any atom is -0.458 e. The molecular weight excluding hydrogens is 500 g/mol. The van der Waals surface area contributed by atoms with Crippen LogP contribution in [0.4, 0.5) is 0 Å². The molecule has 2 aliphatic heterocycles. The molecule has 4 saturated carbocycles. The molecule has 0 unspecified atom stereocenters. The molecule has 6 rings (SSSR count). The van der Waals surface area contributed by atoms with Crippen molar-refractivity contribution in [3.05, 3.63) is 11.6 Å². The molecule has 8 heteroatoms. The first-order chi connectivity index (χ1) is 18.5. The van der Waals surface area contributed by atoms with Gasteiger partial charge in [-0.25, -0.2) is 4.79 Å². The van der Waals surface area contributed by atoms with E-state index in [1.54, 1.807) is 6.08 Å². The molecule has 0 radical (unpaired) electrons. The van der Waals surface area contributed by atoms with Crippen LogP contribution in [0.3, 0.4) is 0 Å².